The molecule has 1 aromatic carbocycles. The van der Waals surface area contributed by atoms with Crippen molar-refractivity contribution in [3.63, 3.8) is 0 Å². The van der Waals surface area contributed by atoms with Crippen molar-refractivity contribution in [3.8, 4) is 0 Å². The maximum Gasteiger partial charge on any atom is 0.308 e. The zero-order valence-corrected chi connectivity index (χ0v) is 20.7. The van der Waals surface area contributed by atoms with Crippen LogP contribution in [0.25, 0.3) is 11.3 Å². The van der Waals surface area contributed by atoms with E-state index in [0.29, 0.717) is 18.7 Å². The monoisotopic (exact) mass is 439 g/mol. The number of aliphatic imine (C=N–C) groups is 1. The lowest BCUT2D eigenvalue weighted by Crippen LogP contribution is -2.13. The third-order valence-corrected chi connectivity index (χ3v) is 5.00. The van der Waals surface area contributed by atoms with Gasteiger partial charge in [0.15, 0.2) is 5.76 Å². The summed E-state index contributed by atoms with van der Waals surface area (Å²) in [7, 11) is 1.73. The number of aromatic nitrogens is 2. The predicted molar refractivity (Wildman–Crippen MR) is 131 cm³/mol. The molecule has 0 atom stereocenters. The number of nitrogens with zero attached hydrogens (tertiary/aromatic N) is 3. The number of hydrogen-bond donors (Lipinski definition) is 0. The van der Waals surface area contributed by atoms with E-state index in [1.54, 1.807) is 13.3 Å². The summed E-state index contributed by atoms with van der Waals surface area (Å²) < 4.78 is 13.3. The van der Waals surface area contributed by atoms with Gasteiger partial charge in [0.05, 0.1) is 5.69 Å². The molecule has 2 aromatic rings. The van der Waals surface area contributed by atoms with Crippen molar-refractivity contribution in [2.75, 3.05) is 13.8 Å². The maximum atomic E-state index is 12.0. The summed E-state index contributed by atoms with van der Waals surface area (Å²) in [6, 6.07) is 10.4. The summed E-state index contributed by atoms with van der Waals surface area (Å²) >= 11 is 0. The molecule has 0 saturated carbocycles. The molecule has 0 bridgehead atoms. The van der Waals surface area contributed by atoms with Crippen LogP contribution in [0.5, 0.6) is 0 Å². The molecule has 0 aliphatic rings. The van der Waals surface area contributed by atoms with Crippen molar-refractivity contribution in [1.82, 2.24) is 9.78 Å². The number of rotatable bonds is 9. The largest absolute Gasteiger partial charge is 0.454 e. The van der Waals surface area contributed by atoms with E-state index >= 15 is 0 Å². The van der Waals surface area contributed by atoms with Crippen molar-refractivity contribution in [2.24, 2.45) is 10.9 Å². The highest BCUT2D eigenvalue weighted by Crippen LogP contribution is 2.30. The normalized spacial score (nSPS) is 12.9. The number of esters is 1. The summed E-state index contributed by atoms with van der Waals surface area (Å²) in [5.41, 5.74) is 4.78. The first-order valence-corrected chi connectivity index (χ1v) is 11.2. The Morgan fingerprint density at radius 3 is 2.38 bits per heavy atom. The van der Waals surface area contributed by atoms with Gasteiger partial charge in [0.2, 0.25) is 6.79 Å². The Morgan fingerprint density at radius 1 is 1.19 bits per heavy atom. The minimum Gasteiger partial charge on any atom is -0.454 e. The van der Waals surface area contributed by atoms with Gasteiger partial charge in [-0.1, -0.05) is 58.9 Å². The fourth-order valence-corrected chi connectivity index (χ4v) is 3.35. The van der Waals surface area contributed by atoms with Gasteiger partial charge >= 0.3 is 5.97 Å². The lowest BCUT2D eigenvalue weighted by molar-refractivity contribution is -0.152. The zero-order valence-electron chi connectivity index (χ0n) is 20.7. The Balaban J connectivity index is 2.52. The molecule has 0 saturated heterocycles. The van der Waals surface area contributed by atoms with Gasteiger partial charge < -0.3 is 9.47 Å². The molecule has 0 spiro atoms. The first kappa shape index (κ1) is 25.4. The number of ether oxygens (including phenoxy) is 2. The van der Waals surface area contributed by atoms with E-state index in [4.69, 9.17) is 9.47 Å². The molecule has 0 unspecified atom stereocenters. The van der Waals surface area contributed by atoms with Crippen LogP contribution in [0.15, 0.2) is 35.3 Å². The number of carbonyl (C=O) groups is 1. The number of hydrogen-bond acceptors (Lipinski definition) is 5. The highest BCUT2D eigenvalue weighted by atomic mass is 16.7. The maximum absolute atomic E-state index is 12.0. The third-order valence-electron chi connectivity index (χ3n) is 5.00. The molecule has 6 heteroatoms. The lowest BCUT2D eigenvalue weighted by Gasteiger charge is -2.20. The predicted octanol–water partition coefficient (Wildman–Crippen LogP) is 5.64. The van der Waals surface area contributed by atoms with Crippen LogP contribution in [-0.4, -0.2) is 35.8 Å². The number of benzene rings is 1. The molecule has 0 N–H and O–H groups in total. The molecule has 2 rings (SSSR count). The van der Waals surface area contributed by atoms with Gasteiger partial charge in [0.1, 0.15) is 5.69 Å². The zero-order chi connectivity index (χ0) is 23.9. The first-order valence-electron chi connectivity index (χ1n) is 11.2. The second-order valence-electron chi connectivity index (χ2n) is 9.32. The van der Waals surface area contributed by atoms with Crippen molar-refractivity contribution >= 4 is 23.5 Å². The van der Waals surface area contributed by atoms with E-state index in [1.807, 2.05) is 38.4 Å². The van der Waals surface area contributed by atoms with Crippen LogP contribution in [0, 0.1) is 12.8 Å². The molecule has 32 heavy (non-hydrogen) atoms. The molecule has 0 fully saturated rings. The van der Waals surface area contributed by atoms with Crippen LogP contribution in [-0.2, 0) is 26.2 Å². The van der Waals surface area contributed by atoms with Crippen molar-refractivity contribution in [2.45, 2.75) is 66.8 Å². The summed E-state index contributed by atoms with van der Waals surface area (Å²) in [6.45, 7) is 15.0. The standard InChI is InChI=1S/C26H37N3O3/c1-9-29-23(15-19(4)28-29)25(32-17-31-24(30)14-18(2)3)22(16-27-8)20-10-12-21(13-11-20)26(5,6)7/h10-13,15-16,18H,9,14,17H2,1-8H3/b25-22-,27-16-. The minimum absolute atomic E-state index is 0.0587. The number of aryl methyl sites for hydroxylation is 2. The first-order chi connectivity index (χ1) is 15.1. The Morgan fingerprint density at radius 2 is 1.84 bits per heavy atom. The molecule has 0 radical (unpaired) electrons. The van der Waals surface area contributed by atoms with E-state index in [0.717, 1.165) is 22.5 Å². The minimum atomic E-state index is -0.278. The van der Waals surface area contributed by atoms with Crippen LogP contribution in [0.3, 0.4) is 0 Å². The van der Waals surface area contributed by atoms with E-state index < -0.39 is 0 Å². The fourth-order valence-electron chi connectivity index (χ4n) is 3.35. The van der Waals surface area contributed by atoms with Crippen LogP contribution in [0.4, 0.5) is 0 Å². The van der Waals surface area contributed by atoms with Crippen LogP contribution >= 0.6 is 0 Å². The molecule has 1 aromatic heterocycles. The Kier molecular flexibility index (Phi) is 8.81. The van der Waals surface area contributed by atoms with Crippen LogP contribution in [0.1, 0.15) is 70.5 Å². The van der Waals surface area contributed by atoms with Gasteiger partial charge in [-0.2, -0.15) is 5.10 Å². The highest BCUT2D eigenvalue weighted by Gasteiger charge is 2.19. The van der Waals surface area contributed by atoms with E-state index in [2.05, 4.69) is 55.1 Å². The molecular formula is C26H37N3O3. The molecule has 0 aliphatic carbocycles. The lowest BCUT2D eigenvalue weighted by atomic mass is 9.86. The number of allylic oxidation sites excluding steroid dienone is 1. The quantitative estimate of drug-likeness (QED) is 0.219. The number of carbonyl (C=O) groups excluding carboxylic acids is 1. The van der Waals surface area contributed by atoms with Gasteiger partial charge in [0.25, 0.3) is 0 Å². The fraction of sp³-hybridized carbons (Fsp3) is 0.500. The molecule has 174 valence electrons. The molecule has 0 amide bonds. The Bertz CT molecular complexity index is 961. The van der Waals surface area contributed by atoms with Gasteiger partial charge in [-0.25, -0.2) is 0 Å². The van der Waals surface area contributed by atoms with Crippen molar-refractivity contribution < 1.29 is 14.3 Å². The van der Waals surface area contributed by atoms with E-state index in [9.17, 15) is 4.79 Å². The van der Waals surface area contributed by atoms with E-state index in [1.165, 1.54) is 5.56 Å². The average molecular weight is 440 g/mol. The second-order valence-corrected chi connectivity index (χ2v) is 9.32. The van der Waals surface area contributed by atoms with Crippen LogP contribution < -0.4 is 0 Å². The summed E-state index contributed by atoms with van der Waals surface area (Å²) in [5, 5.41) is 4.57. The molecule has 6 nitrogen and oxygen atoms in total. The van der Waals surface area contributed by atoms with Crippen molar-refractivity contribution in [1.29, 1.82) is 0 Å². The SMILES string of the molecule is CCn1nc(C)cc1/C(OCOC(=O)CC(C)C)=C(\C=N/C)c1ccc(C(C)(C)C)cc1. The average Bonchev–Trinajstić information content (AvgIpc) is 3.09. The van der Waals surface area contributed by atoms with Gasteiger partial charge in [0, 0.05) is 31.8 Å². The molecular weight excluding hydrogens is 402 g/mol. The molecule has 1 heterocycles. The highest BCUT2D eigenvalue weighted by molar-refractivity contribution is 6.18. The summed E-state index contributed by atoms with van der Waals surface area (Å²) in [5.74, 6) is 0.532. The molecule has 0 aliphatic heterocycles. The Hall–Kier alpha value is -2.89. The second kappa shape index (κ2) is 11.1. The van der Waals surface area contributed by atoms with Gasteiger partial charge in [-0.3, -0.25) is 14.5 Å². The van der Waals surface area contributed by atoms with Crippen molar-refractivity contribution in [3.05, 3.63) is 52.8 Å². The Labute approximate surface area is 192 Å². The van der Waals surface area contributed by atoms with Gasteiger partial charge in [-0.15, -0.1) is 0 Å². The third kappa shape index (κ3) is 6.81. The van der Waals surface area contributed by atoms with E-state index in [-0.39, 0.29) is 24.1 Å². The smallest absolute Gasteiger partial charge is 0.308 e. The summed E-state index contributed by atoms with van der Waals surface area (Å²) in [4.78, 5) is 16.3. The topological polar surface area (TPSA) is 65.7 Å². The van der Waals surface area contributed by atoms with Crippen LogP contribution in [0.2, 0.25) is 0 Å². The summed E-state index contributed by atoms with van der Waals surface area (Å²) in [6.07, 6.45) is 2.13. The van der Waals surface area contributed by atoms with Gasteiger partial charge in [-0.05, 0) is 42.4 Å².